The van der Waals surface area contributed by atoms with Gasteiger partial charge in [0.1, 0.15) is 6.04 Å². The molecule has 0 aromatic heterocycles. The van der Waals surface area contributed by atoms with Gasteiger partial charge in [-0.25, -0.2) is 0 Å². The zero-order chi connectivity index (χ0) is 13.8. The molecule has 1 amide bonds. The molecule has 0 spiro atoms. The minimum Gasteiger partial charge on any atom is -0.465 e. The molecule has 0 unspecified atom stereocenters. The summed E-state index contributed by atoms with van der Waals surface area (Å²) in [6.45, 7) is 5.32. The fourth-order valence-corrected chi connectivity index (χ4v) is 1.46. The summed E-state index contributed by atoms with van der Waals surface area (Å²) in [6, 6.07) is -0.416. The molecule has 0 heterocycles. The Labute approximate surface area is 109 Å². The first kappa shape index (κ1) is 16.9. The lowest BCUT2D eigenvalue weighted by Crippen LogP contribution is -2.39. The molecule has 0 fully saturated rings. The number of nitrogens with two attached hydrogens (primary N) is 1. The number of unbranched alkanes of at least 4 members (excludes halogenated alkanes) is 2. The molecule has 5 nitrogen and oxygen atoms in total. The molecule has 106 valence electrons. The predicted octanol–water partition coefficient (Wildman–Crippen LogP) is 1.35. The Hall–Kier alpha value is -1.10. The van der Waals surface area contributed by atoms with Crippen molar-refractivity contribution in [2.45, 2.75) is 58.4 Å². The van der Waals surface area contributed by atoms with Crippen LogP contribution in [0.25, 0.3) is 0 Å². The molecule has 0 aromatic rings. The second-order valence-electron chi connectivity index (χ2n) is 4.39. The minimum absolute atomic E-state index is 0.201. The fourth-order valence-electron chi connectivity index (χ4n) is 1.46. The van der Waals surface area contributed by atoms with Gasteiger partial charge >= 0.3 is 5.97 Å². The van der Waals surface area contributed by atoms with Crippen LogP contribution in [-0.2, 0) is 14.3 Å². The summed E-state index contributed by atoms with van der Waals surface area (Å²) in [5.41, 5.74) is 5.10. The number of primary amides is 1. The highest BCUT2D eigenvalue weighted by molar-refractivity contribution is 5.78. The van der Waals surface area contributed by atoms with Crippen LogP contribution in [0.15, 0.2) is 0 Å². The maximum absolute atomic E-state index is 11.8. The van der Waals surface area contributed by atoms with E-state index >= 15 is 0 Å². The number of esters is 1. The molecule has 3 N–H and O–H groups in total. The number of carbonyl (C=O) groups excluding carboxylic acids is 2. The van der Waals surface area contributed by atoms with Crippen molar-refractivity contribution >= 4 is 11.9 Å². The summed E-state index contributed by atoms with van der Waals surface area (Å²) in [4.78, 5) is 22.5. The largest absolute Gasteiger partial charge is 0.465 e. The molecule has 0 radical (unpaired) electrons. The van der Waals surface area contributed by atoms with Crippen molar-refractivity contribution in [1.29, 1.82) is 0 Å². The van der Waals surface area contributed by atoms with Crippen LogP contribution in [0.1, 0.15) is 52.4 Å². The van der Waals surface area contributed by atoms with E-state index in [1.807, 2.05) is 6.92 Å². The van der Waals surface area contributed by atoms with E-state index in [1.54, 1.807) is 0 Å². The van der Waals surface area contributed by atoms with Crippen molar-refractivity contribution < 1.29 is 14.3 Å². The van der Waals surface area contributed by atoms with Gasteiger partial charge in [-0.15, -0.1) is 0 Å². The van der Waals surface area contributed by atoms with Crippen LogP contribution >= 0.6 is 0 Å². The molecule has 18 heavy (non-hydrogen) atoms. The fraction of sp³-hybridized carbons (Fsp3) is 0.846. The highest BCUT2D eigenvalue weighted by Crippen LogP contribution is 2.02. The van der Waals surface area contributed by atoms with Crippen molar-refractivity contribution in [3.63, 3.8) is 0 Å². The third-order valence-electron chi connectivity index (χ3n) is 2.63. The molecule has 0 saturated carbocycles. The van der Waals surface area contributed by atoms with Crippen molar-refractivity contribution in [3.05, 3.63) is 0 Å². The molecule has 1 atom stereocenters. The predicted molar refractivity (Wildman–Crippen MR) is 71.0 cm³/mol. The smallest absolute Gasteiger partial charge is 0.323 e. The van der Waals surface area contributed by atoms with Gasteiger partial charge in [0.05, 0.1) is 6.61 Å². The molecule has 0 bridgehead atoms. The summed E-state index contributed by atoms with van der Waals surface area (Å²) in [7, 11) is 0. The second-order valence-corrected chi connectivity index (χ2v) is 4.39. The van der Waals surface area contributed by atoms with Gasteiger partial charge in [0, 0.05) is 6.42 Å². The number of nitrogens with one attached hydrogen (secondary N) is 1. The summed E-state index contributed by atoms with van der Waals surface area (Å²) in [6.07, 6.45) is 4.51. The third kappa shape index (κ3) is 8.98. The van der Waals surface area contributed by atoms with Crippen LogP contribution in [-0.4, -0.2) is 31.1 Å². The van der Waals surface area contributed by atoms with Gasteiger partial charge in [-0.2, -0.15) is 0 Å². The first-order valence-electron chi connectivity index (χ1n) is 6.80. The molecular weight excluding hydrogens is 232 g/mol. The topological polar surface area (TPSA) is 81.4 Å². The minimum atomic E-state index is -0.416. The number of hydrogen-bond acceptors (Lipinski definition) is 4. The molecule has 0 aromatic carbocycles. The Bertz CT molecular complexity index is 244. The van der Waals surface area contributed by atoms with Crippen molar-refractivity contribution in [1.82, 2.24) is 5.32 Å². The van der Waals surface area contributed by atoms with Crippen LogP contribution in [0, 0.1) is 0 Å². The molecule has 0 aliphatic carbocycles. The summed E-state index contributed by atoms with van der Waals surface area (Å²) in [5.74, 6) is -0.667. The molecule has 0 aliphatic rings. The molecular formula is C13H26N2O3. The number of carbonyl (C=O) groups is 2. The second kappa shape index (κ2) is 11.0. The zero-order valence-electron chi connectivity index (χ0n) is 11.5. The van der Waals surface area contributed by atoms with E-state index in [-0.39, 0.29) is 12.4 Å². The summed E-state index contributed by atoms with van der Waals surface area (Å²) < 4.78 is 5.15. The Morgan fingerprint density at radius 1 is 1.22 bits per heavy atom. The standard InChI is InChI=1S/C13H26N2O3/c1-3-5-9-15-11(7-8-12(14)16)13(17)18-10-6-4-2/h11,15H,3-10H2,1-2H3,(H2,14,16)/t11-/m0/s1. The van der Waals surface area contributed by atoms with E-state index in [1.165, 1.54) is 0 Å². The van der Waals surface area contributed by atoms with Gasteiger partial charge in [0.25, 0.3) is 0 Å². The lowest BCUT2D eigenvalue weighted by atomic mass is 10.1. The monoisotopic (exact) mass is 258 g/mol. The molecule has 0 saturated heterocycles. The van der Waals surface area contributed by atoms with Gasteiger partial charge in [-0.3, -0.25) is 9.59 Å². The van der Waals surface area contributed by atoms with E-state index in [4.69, 9.17) is 10.5 Å². The van der Waals surface area contributed by atoms with Crippen LogP contribution in [0.3, 0.4) is 0 Å². The average Bonchev–Trinajstić information content (AvgIpc) is 2.33. The molecule has 0 aliphatic heterocycles. The Kier molecular flexibility index (Phi) is 10.3. The van der Waals surface area contributed by atoms with Gasteiger partial charge in [0.15, 0.2) is 0 Å². The number of amides is 1. The van der Waals surface area contributed by atoms with Crippen molar-refractivity contribution in [2.24, 2.45) is 5.73 Å². The third-order valence-corrected chi connectivity index (χ3v) is 2.63. The average molecular weight is 258 g/mol. The maximum atomic E-state index is 11.8. The lowest BCUT2D eigenvalue weighted by Gasteiger charge is -2.16. The maximum Gasteiger partial charge on any atom is 0.323 e. The zero-order valence-corrected chi connectivity index (χ0v) is 11.5. The Morgan fingerprint density at radius 2 is 1.89 bits per heavy atom. The number of rotatable bonds is 11. The highest BCUT2D eigenvalue weighted by atomic mass is 16.5. The van der Waals surface area contributed by atoms with Crippen LogP contribution in [0.5, 0.6) is 0 Å². The van der Waals surface area contributed by atoms with Gasteiger partial charge in [-0.1, -0.05) is 26.7 Å². The number of hydrogen-bond donors (Lipinski definition) is 2. The van der Waals surface area contributed by atoms with Crippen LogP contribution < -0.4 is 11.1 Å². The van der Waals surface area contributed by atoms with Crippen LogP contribution in [0.4, 0.5) is 0 Å². The van der Waals surface area contributed by atoms with E-state index in [0.717, 1.165) is 32.2 Å². The van der Waals surface area contributed by atoms with Crippen molar-refractivity contribution in [3.8, 4) is 0 Å². The van der Waals surface area contributed by atoms with Gasteiger partial charge in [0.2, 0.25) is 5.91 Å². The highest BCUT2D eigenvalue weighted by Gasteiger charge is 2.19. The Balaban J connectivity index is 4.07. The summed E-state index contributed by atoms with van der Waals surface area (Å²) >= 11 is 0. The molecule has 5 heteroatoms. The van der Waals surface area contributed by atoms with Crippen LogP contribution in [0.2, 0.25) is 0 Å². The SMILES string of the molecule is CCCCN[C@@H](CCC(N)=O)C(=O)OCCCC. The van der Waals surface area contributed by atoms with Gasteiger partial charge < -0.3 is 15.8 Å². The van der Waals surface area contributed by atoms with Crippen molar-refractivity contribution in [2.75, 3.05) is 13.2 Å². The van der Waals surface area contributed by atoms with Gasteiger partial charge in [-0.05, 0) is 25.8 Å². The summed E-state index contributed by atoms with van der Waals surface area (Å²) in [5, 5.41) is 3.12. The Morgan fingerprint density at radius 3 is 2.44 bits per heavy atom. The van der Waals surface area contributed by atoms with E-state index in [0.29, 0.717) is 13.0 Å². The van der Waals surface area contributed by atoms with E-state index in [9.17, 15) is 9.59 Å². The first-order chi connectivity index (χ1) is 8.61. The molecule has 0 rings (SSSR count). The first-order valence-corrected chi connectivity index (χ1v) is 6.80. The van der Waals surface area contributed by atoms with E-state index in [2.05, 4.69) is 12.2 Å². The van der Waals surface area contributed by atoms with E-state index < -0.39 is 11.9 Å². The lowest BCUT2D eigenvalue weighted by molar-refractivity contribution is -0.146. The number of ether oxygens (including phenoxy) is 1. The normalized spacial score (nSPS) is 12.1. The quantitative estimate of drug-likeness (QED) is 0.433.